The molecule has 116 valence electrons. The molecule has 5 heteroatoms. The topological polar surface area (TPSA) is 37.6 Å². The van der Waals surface area contributed by atoms with Crippen LogP contribution in [0.5, 0.6) is 0 Å². The van der Waals surface area contributed by atoms with Crippen molar-refractivity contribution in [2.75, 3.05) is 7.05 Å². The lowest BCUT2D eigenvalue weighted by Crippen LogP contribution is -2.25. The van der Waals surface area contributed by atoms with E-state index < -0.39 is 0 Å². The lowest BCUT2D eigenvalue weighted by atomic mass is 10.2. The summed E-state index contributed by atoms with van der Waals surface area (Å²) in [7, 11) is 1.76. The second-order valence-corrected chi connectivity index (χ2v) is 6.63. The lowest BCUT2D eigenvalue weighted by Gasteiger charge is -2.13. The maximum atomic E-state index is 12.2. The van der Waals surface area contributed by atoms with Crippen LogP contribution in [0, 0.1) is 25.7 Å². The van der Waals surface area contributed by atoms with Crippen molar-refractivity contribution >= 4 is 22.2 Å². The molecule has 0 saturated carbocycles. The highest BCUT2D eigenvalue weighted by Crippen LogP contribution is 2.21. The summed E-state index contributed by atoms with van der Waals surface area (Å²) in [4.78, 5) is 20.6. The number of amides is 1. The van der Waals surface area contributed by atoms with Gasteiger partial charge in [0, 0.05) is 29.6 Å². The quantitative estimate of drug-likeness (QED) is 0.680. The molecule has 0 aliphatic heterocycles. The minimum atomic E-state index is -0.199. The van der Waals surface area contributed by atoms with E-state index in [1.165, 1.54) is 4.88 Å². The van der Waals surface area contributed by atoms with Gasteiger partial charge in [-0.25, -0.2) is 4.98 Å². The molecule has 0 unspecified atom stereocenters. The van der Waals surface area contributed by atoms with Gasteiger partial charge < -0.3 is 4.90 Å². The Kier molecular flexibility index (Phi) is 4.18. The molecule has 0 fully saturated rings. The first-order valence-electron chi connectivity index (χ1n) is 7.30. The number of imidazole rings is 1. The lowest BCUT2D eigenvalue weighted by molar-refractivity contribution is -0.124. The van der Waals surface area contributed by atoms with Gasteiger partial charge in [0.1, 0.15) is 0 Å². The number of aromatic nitrogens is 2. The smallest absolute Gasteiger partial charge is 0.298 e. The number of rotatable bonds is 2. The Balaban J connectivity index is 1.78. The summed E-state index contributed by atoms with van der Waals surface area (Å²) in [6.45, 7) is 4.52. The average Bonchev–Trinajstić information content (AvgIpc) is 3.02. The zero-order chi connectivity index (χ0) is 16.4. The third kappa shape index (κ3) is 3.27. The van der Waals surface area contributed by atoms with Gasteiger partial charge in [-0.2, -0.15) is 0 Å². The van der Waals surface area contributed by atoms with Crippen LogP contribution in [0.4, 0.5) is 0 Å². The van der Waals surface area contributed by atoms with Crippen LogP contribution in [-0.4, -0.2) is 27.2 Å². The Morgan fingerprint density at radius 3 is 2.78 bits per heavy atom. The highest BCUT2D eigenvalue weighted by molar-refractivity contribution is 7.17. The summed E-state index contributed by atoms with van der Waals surface area (Å²) in [5, 5.41) is 0. The molecule has 3 rings (SSSR count). The summed E-state index contributed by atoms with van der Waals surface area (Å²) >= 11 is 1.65. The maximum Gasteiger partial charge on any atom is 0.298 e. The molecular weight excluding hydrogens is 306 g/mol. The van der Waals surface area contributed by atoms with E-state index in [-0.39, 0.29) is 5.91 Å². The number of nitrogens with zero attached hydrogens (tertiary/aromatic N) is 3. The number of hydrogen-bond donors (Lipinski definition) is 0. The average molecular weight is 323 g/mol. The summed E-state index contributed by atoms with van der Waals surface area (Å²) in [5.41, 5.74) is 2.82. The first-order valence-corrected chi connectivity index (χ1v) is 8.12. The third-order valence-electron chi connectivity index (χ3n) is 3.56. The number of hydrogen-bond acceptors (Lipinski definition) is 3. The predicted molar refractivity (Wildman–Crippen MR) is 92.3 cm³/mol. The highest BCUT2D eigenvalue weighted by Gasteiger charge is 2.15. The Hall–Kier alpha value is -2.58. The summed E-state index contributed by atoms with van der Waals surface area (Å²) < 4.78 is 2.06. The van der Waals surface area contributed by atoms with Crippen LogP contribution in [0.1, 0.15) is 21.8 Å². The Bertz CT molecular complexity index is 912. The van der Waals surface area contributed by atoms with Crippen LogP contribution in [0.25, 0.3) is 4.96 Å². The minimum Gasteiger partial charge on any atom is -0.329 e. The largest absolute Gasteiger partial charge is 0.329 e. The molecule has 3 aromatic rings. The van der Waals surface area contributed by atoms with Crippen LogP contribution in [-0.2, 0) is 11.3 Å². The molecule has 0 radical (unpaired) electrons. The molecule has 0 spiro atoms. The van der Waals surface area contributed by atoms with E-state index in [4.69, 9.17) is 0 Å². The molecule has 0 bridgehead atoms. The maximum absolute atomic E-state index is 12.2. The minimum absolute atomic E-state index is 0.199. The van der Waals surface area contributed by atoms with Crippen molar-refractivity contribution in [2.24, 2.45) is 0 Å². The monoisotopic (exact) mass is 323 g/mol. The van der Waals surface area contributed by atoms with Gasteiger partial charge in [0.15, 0.2) is 4.96 Å². The van der Waals surface area contributed by atoms with Crippen LogP contribution >= 0.6 is 11.3 Å². The van der Waals surface area contributed by atoms with Crippen molar-refractivity contribution in [3.05, 3.63) is 58.4 Å². The molecule has 0 saturated heterocycles. The van der Waals surface area contributed by atoms with Gasteiger partial charge in [-0.1, -0.05) is 24.1 Å². The molecule has 2 aromatic heterocycles. The van der Waals surface area contributed by atoms with E-state index in [1.54, 1.807) is 23.3 Å². The fourth-order valence-corrected chi connectivity index (χ4v) is 3.23. The predicted octanol–water partition coefficient (Wildman–Crippen LogP) is 3.02. The SMILES string of the molecule is Cc1cn2c(CN(C)C(=O)C#Cc3ccccc3)c(C)nc2s1. The molecule has 0 aliphatic carbocycles. The second kappa shape index (κ2) is 6.27. The molecule has 1 amide bonds. The fraction of sp³-hybridized carbons (Fsp3) is 0.222. The van der Waals surface area contributed by atoms with Gasteiger partial charge in [0.05, 0.1) is 17.9 Å². The van der Waals surface area contributed by atoms with Crippen molar-refractivity contribution in [3.63, 3.8) is 0 Å². The number of aryl methyl sites for hydroxylation is 2. The molecule has 1 aromatic carbocycles. The standard InChI is InChI=1S/C18H17N3OS/c1-13-11-21-16(14(2)19-18(21)23-13)12-20(3)17(22)10-9-15-7-5-4-6-8-15/h4-8,11H,12H2,1-3H3. The molecule has 0 N–H and O–H groups in total. The fourth-order valence-electron chi connectivity index (χ4n) is 2.34. The number of thiazole rings is 1. The van der Waals surface area contributed by atoms with Crippen molar-refractivity contribution in [2.45, 2.75) is 20.4 Å². The van der Waals surface area contributed by atoms with Gasteiger partial charge in [0.2, 0.25) is 0 Å². The number of fused-ring (bicyclic) bond motifs is 1. The van der Waals surface area contributed by atoms with Gasteiger partial charge in [-0.3, -0.25) is 9.20 Å². The number of benzene rings is 1. The van der Waals surface area contributed by atoms with Crippen LogP contribution in [0.3, 0.4) is 0 Å². The van der Waals surface area contributed by atoms with Crippen molar-refractivity contribution in [3.8, 4) is 11.8 Å². The number of carbonyl (C=O) groups is 1. The summed E-state index contributed by atoms with van der Waals surface area (Å²) in [5.74, 6) is 5.39. The van der Waals surface area contributed by atoms with E-state index in [1.807, 2.05) is 37.3 Å². The molecule has 23 heavy (non-hydrogen) atoms. The first kappa shape index (κ1) is 15.3. The van der Waals surface area contributed by atoms with E-state index >= 15 is 0 Å². The molecule has 0 atom stereocenters. The van der Waals surface area contributed by atoms with E-state index in [0.29, 0.717) is 6.54 Å². The molecule has 2 heterocycles. The van der Waals surface area contributed by atoms with E-state index in [2.05, 4.69) is 34.3 Å². The van der Waals surface area contributed by atoms with Crippen LogP contribution in [0.15, 0.2) is 36.5 Å². The van der Waals surface area contributed by atoms with E-state index in [9.17, 15) is 4.79 Å². The number of carbonyl (C=O) groups excluding carboxylic acids is 1. The first-order chi connectivity index (χ1) is 11.0. The van der Waals surface area contributed by atoms with Crippen LogP contribution in [0.2, 0.25) is 0 Å². The molecular formula is C18H17N3OS. The van der Waals surface area contributed by atoms with Gasteiger partial charge >= 0.3 is 0 Å². The Labute approximate surface area is 139 Å². The normalized spacial score (nSPS) is 10.4. The zero-order valence-corrected chi connectivity index (χ0v) is 14.1. The summed E-state index contributed by atoms with van der Waals surface area (Å²) in [6, 6.07) is 9.51. The van der Waals surface area contributed by atoms with Crippen LogP contribution < -0.4 is 0 Å². The van der Waals surface area contributed by atoms with Crippen molar-refractivity contribution in [1.82, 2.24) is 14.3 Å². The second-order valence-electron chi connectivity index (χ2n) is 5.42. The zero-order valence-electron chi connectivity index (χ0n) is 13.3. The third-order valence-corrected chi connectivity index (χ3v) is 4.46. The van der Waals surface area contributed by atoms with Gasteiger partial charge in [-0.05, 0) is 26.0 Å². The van der Waals surface area contributed by atoms with Gasteiger partial charge in [0.25, 0.3) is 5.91 Å². The van der Waals surface area contributed by atoms with Gasteiger partial charge in [-0.15, -0.1) is 11.3 Å². The van der Waals surface area contributed by atoms with E-state index in [0.717, 1.165) is 21.9 Å². The Morgan fingerprint density at radius 2 is 2.04 bits per heavy atom. The molecule has 0 aliphatic rings. The Morgan fingerprint density at radius 1 is 1.30 bits per heavy atom. The molecule has 4 nitrogen and oxygen atoms in total. The summed E-state index contributed by atoms with van der Waals surface area (Å²) in [6.07, 6.45) is 2.06. The van der Waals surface area contributed by atoms with Crippen molar-refractivity contribution < 1.29 is 4.79 Å². The highest BCUT2D eigenvalue weighted by atomic mass is 32.1. The van der Waals surface area contributed by atoms with Crippen molar-refractivity contribution in [1.29, 1.82) is 0 Å².